The summed E-state index contributed by atoms with van der Waals surface area (Å²) in [6, 6.07) is -1.93. The number of carbonyl (C=O) groups is 2. The van der Waals surface area contributed by atoms with Crippen LogP contribution in [0.15, 0.2) is 12.7 Å². The zero-order chi connectivity index (χ0) is 16.5. The van der Waals surface area contributed by atoms with Crippen molar-refractivity contribution in [3.63, 3.8) is 0 Å². The quantitative estimate of drug-likeness (QED) is 0.221. The number of quaternary nitrogens is 1. The Morgan fingerprint density at radius 3 is 1.90 bits per heavy atom. The van der Waals surface area contributed by atoms with Gasteiger partial charge in [0, 0.05) is 0 Å². The molecular formula is C15H28NO5+. The molecule has 6 nitrogen and oxygen atoms in total. The Bertz CT molecular complexity index is 336. The summed E-state index contributed by atoms with van der Waals surface area (Å²) in [7, 11) is 0. The molecule has 21 heavy (non-hydrogen) atoms. The molecule has 3 N–H and O–H groups in total. The maximum absolute atomic E-state index is 11.3. The van der Waals surface area contributed by atoms with Gasteiger partial charge >= 0.3 is 11.9 Å². The Hall–Kier alpha value is -1.40. The zero-order valence-electron chi connectivity index (χ0n) is 13.0. The fourth-order valence-electron chi connectivity index (χ4n) is 2.53. The highest BCUT2D eigenvalue weighted by atomic mass is 16.4. The number of carboxylic acids is 2. The van der Waals surface area contributed by atoms with Gasteiger partial charge < -0.3 is 15.3 Å². The molecule has 0 bridgehead atoms. The molecule has 0 saturated carbocycles. The number of rotatable bonds is 12. The summed E-state index contributed by atoms with van der Waals surface area (Å²) in [5.74, 6) is -2.19. The highest BCUT2D eigenvalue weighted by Crippen LogP contribution is 2.22. The Balaban J connectivity index is 4.83. The lowest BCUT2D eigenvalue weighted by Crippen LogP contribution is -2.65. The number of hydrogen-bond acceptors (Lipinski definition) is 3. The Kier molecular flexibility index (Phi) is 8.89. The third-order valence-corrected chi connectivity index (χ3v) is 4.25. The largest absolute Gasteiger partial charge is 0.477 e. The molecule has 0 heterocycles. The van der Waals surface area contributed by atoms with E-state index in [2.05, 4.69) is 6.58 Å². The first-order valence-electron chi connectivity index (χ1n) is 7.37. The third kappa shape index (κ3) is 5.47. The molecule has 0 fully saturated rings. The van der Waals surface area contributed by atoms with Gasteiger partial charge in [-0.2, -0.15) is 0 Å². The van der Waals surface area contributed by atoms with Crippen LogP contribution in [0, 0.1) is 0 Å². The predicted molar refractivity (Wildman–Crippen MR) is 79.7 cm³/mol. The maximum atomic E-state index is 11.3. The molecule has 0 aliphatic rings. The van der Waals surface area contributed by atoms with Crippen molar-refractivity contribution in [3.05, 3.63) is 12.7 Å². The molecule has 2 atom stereocenters. The fourth-order valence-corrected chi connectivity index (χ4v) is 2.53. The molecule has 0 aromatic rings. The second-order valence-electron chi connectivity index (χ2n) is 5.49. The summed E-state index contributed by atoms with van der Waals surface area (Å²) in [6.07, 6.45) is 6.37. The molecule has 0 aliphatic carbocycles. The lowest BCUT2D eigenvalue weighted by Gasteiger charge is -2.42. The molecule has 0 amide bonds. The van der Waals surface area contributed by atoms with E-state index in [1.54, 1.807) is 0 Å². The van der Waals surface area contributed by atoms with Gasteiger partial charge in [0.2, 0.25) is 0 Å². The van der Waals surface area contributed by atoms with Crippen molar-refractivity contribution in [3.8, 4) is 0 Å². The van der Waals surface area contributed by atoms with Gasteiger partial charge in [0.25, 0.3) is 0 Å². The van der Waals surface area contributed by atoms with E-state index in [0.717, 1.165) is 25.7 Å². The second kappa shape index (κ2) is 9.52. The summed E-state index contributed by atoms with van der Waals surface area (Å²) in [4.78, 5) is 22.6. The van der Waals surface area contributed by atoms with E-state index >= 15 is 0 Å². The number of nitrogens with zero attached hydrogens (tertiary/aromatic N) is 1. The average Bonchev–Trinajstić information content (AvgIpc) is 2.45. The van der Waals surface area contributed by atoms with Crippen molar-refractivity contribution in [1.29, 1.82) is 0 Å². The molecule has 0 aromatic heterocycles. The fraction of sp³-hybridized carbons (Fsp3) is 0.733. The monoisotopic (exact) mass is 302 g/mol. The van der Waals surface area contributed by atoms with Crippen LogP contribution in [0.1, 0.15) is 46.0 Å². The maximum Gasteiger partial charge on any atom is 0.362 e. The summed E-state index contributed by atoms with van der Waals surface area (Å²) >= 11 is 0. The number of unbranched alkanes of at least 4 members (excludes halogenated alkanes) is 4. The van der Waals surface area contributed by atoms with Crippen LogP contribution >= 0.6 is 0 Å². The van der Waals surface area contributed by atoms with Crippen LogP contribution in [0.2, 0.25) is 0 Å². The molecule has 0 radical (unpaired) electrons. The number of carboxylic acid groups (broad SMARTS) is 2. The van der Waals surface area contributed by atoms with Crippen LogP contribution in [0.5, 0.6) is 0 Å². The predicted octanol–water partition coefficient (Wildman–Crippen LogP) is 1.84. The zero-order valence-corrected chi connectivity index (χ0v) is 13.0. The van der Waals surface area contributed by atoms with Gasteiger partial charge in [0.1, 0.15) is 0 Å². The highest BCUT2D eigenvalue weighted by molar-refractivity contribution is 5.74. The van der Waals surface area contributed by atoms with Crippen LogP contribution in [-0.2, 0) is 9.59 Å². The topological polar surface area (TPSA) is 94.8 Å². The van der Waals surface area contributed by atoms with Crippen LogP contribution in [-0.4, -0.2) is 57.1 Å². The van der Waals surface area contributed by atoms with E-state index in [-0.39, 0.29) is 4.48 Å². The van der Waals surface area contributed by atoms with Gasteiger partial charge in [-0.3, -0.25) is 4.48 Å². The van der Waals surface area contributed by atoms with E-state index in [1.165, 1.54) is 13.8 Å². The average molecular weight is 302 g/mol. The smallest absolute Gasteiger partial charge is 0.362 e. The number of allylic oxidation sites excluding steroid dienone is 1. The first-order chi connectivity index (χ1) is 9.83. The van der Waals surface area contributed by atoms with Gasteiger partial charge in [-0.05, 0) is 39.5 Å². The minimum absolute atomic E-state index is 0.339. The first kappa shape index (κ1) is 19.6. The van der Waals surface area contributed by atoms with Crippen molar-refractivity contribution in [1.82, 2.24) is 0 Å². The second-order valence-corrected chi connectivity index (χ2v) is 5.49. The molecule has 6 heteroatoms. The van der Waals surface area contributed by atoms with Crippen molar-refractivity contribution in [2.24, 2.45) is 0 Å². The van der Waals surface area contributed by atoms with Crippen LogP contribution in [0.25, 0.3) is 0 Å². The Labute approximate surface area is 126 Å². The van der Waals surface area contributed by atoms with Crippen LogP contribution in [0.4, 0.5) is 0 Å². The number of aliphatic carboxylic acids is 2. The highest BCUT2D eigenvalue weighted by Gasteiger charge is 2.45. The van der Waals surface area contributed by atoms with E-state index < -0.39 is 30.8 Å². The van der Waals surface area contributed by atoms with Gasteiger partial charge in [0.05, 0.1) is 6.54 Å². The van der Waals surface area contributed by atoms with E-state index in [4.69, 9.17) is 0 Å². The molecule has 2 unspecified atom stereocenters. The van der Waals surface area contributed by atoms with Crippen LogP contribution < -0.4 is 0 Å². The molecule has 0 saturated heterocycles. The summed E-state index contributed by atoms with van der Waals surface area (Å²) in [5, 5.41) is 28.1. The number of aliphatic hydroxyl groups excluding tert-OH is 1. The molecule has 0 aliphatic heterocycles. The molecule has 122 valence electrons. The van der Waals surface area contributed by atoms with Crippen molar-refractivity contribution in [2.45, 2.75) is 58.0 Å². The molecule has 0 spiro atoms. The van der Waals surface area contributed by atoms with E-state index in [1.807, 2.05) is 6.08 Å². The lowest BCUT2D eigenvalue weighted by atomic mass is 10.1. The standard InChI is InChI=1S/C15H27NO5/c1-4-5-6-7-8-9-10-16(11-17,12(2)14(18)19)13(3)15(20)21/h4,12-13,17H,1,5-11H2,2-3H3,(H-,18,19,20,21)/p+1. The summed E-state index contributed by atoms with van der Waals surface area (Å²) in [6.45, 7) is 6.40. The number of hydrogen-bond donors (Lipinski definition) is 3. The molecule has 0 aromatic carbocycles. The summed E-state index contributed by atoms with van der Waals surface area (Å²) < 4.78 is -0.341. The third-order valence-electron chi connectivity index (χ3n) is 4.25. The van der Waals surface area contributed by atoms with Gasteiger partial charge in [-0.15, -0.1) is 6.58 Å². The van der Waals surface area contributed by atoms with E-state index in [0.29, 0.717) is 13.0 Å². The Morgan fingerprint density at radius 2 is 1.52 bits per heavy atom. The lowest BCUT2D eigenvalue weighted by molar-refractivity contribution is -0.971. The normalized spacial score (nSPS) is 16.7. The van der Waals surface area contributed by atoms with E-state index in [9.17, 15) is 24.9 Å². The number of aliphatic hydroxyl groups is 1. The van der Waals surface area contributed by atoms with Crippen LogP contribution in [0.3, 0.4) is 0 Å². The summed E-state index contributed by atoms with van der Waals surface area (Å²) in [5.41, 5.74) is 0. The Morgan fingerprint density at radius 1 is 1.05 bits per heavy atom. The van der Waals surface area contributed by atoms with Crippen molar-refractivity contribution < 1.29 is 29.4 Å². The van der Waals surface area contributed by atoms with Gasteiger partial charge in [-0.25, -0.2) is 9.59 Å². The van der Waals surface area contributed by atoms with Crippen molar-refractivity contribution >= 4 is 11.9 Å². The first-order valence-corrected chi connectivity index (χ1v) is 7.37. The molecular weight excluding hydrogens is 274 g/mol. The molecule has 0 rings (SSSR count). The van der Waals surface area contributed by atoms with Gasteiger partial charge in [0.15, 0.2) is 18.8 Å². The SMILES string of the molecule is C=CCCCCCC[N+](CO)(C(C)C(=O)O)C(C)C(=O)O. The van der Waals surface area contributed by atoms with Gasteiger partial charge in [-0.1, -0.05) is 12.5 Å². The minimum atomic E-state index is -1.09. The van der Waals surface area contributed by atoms with Crippen molar-refractivity contribution in [2.75, 3.05) is 13.3 Å². The minimum Gasteiger partial charge on any atom is -0.477 e.